The molecule has 1 amide bonds. The molecule has 0 atom stereocenters. The van der Waals surface area contributed by atoms with Crippen molar-refractivity contribution in [2.75, 3.05) is 0 Å². The quantitative estimate of drug-likeness (QED) is 0.598. The molecule has 1 saturated carbocycles. The number of carbonyl (C=O) groups is 1. The van der Waals surface area contributed by atoms with Crippen LogP contribution in [0.15, 0.2) is 29.2 Å². The lowest BCUT2D eigenvalue weighted by atomic mass is 9.93. The van der Waals surface area contributed by atoms with Gasteiger partial charge in [-0.1, -0.05) is 19.4 Å². The molecule has 146 valence electrons. The lowest BCUT2D eigenvalue weighted by Gasteiger charge is -2.40. The van der Waals surface area contributed by atoms with Crippen molar-refractivity contribution in [1.82, 2.24) is 5.32 Å². The summed E-state index contributed by atoms with van der Waals surface area (Å²) in [6, 6.07) is 1.79. The average Bonchev–Trinajstić information content (AvgIpc) is 2.30. The van der Waals surface area contributed by atoms with E-state index in [0.717, 1.165) is 12.8 Å². The van der Waals surface area contributed by atoms with Crippen LogP contribution in [0, 0.1) is 0 Å². The van der Waals surface area contributed by atoms with E-state index in [1.54, 1.807) is 0 Å². The van der Waals surface area contributed by atoms with E-state index in [1.807, 2.05) is 20.8 Å². The van der Waals surface area contributed by atoms with Crippen LogP contribution in [0.4, 0.5) is 24.2 Å². The molecule has 0 heterocycles. The van der Waals surface area contributed by atoms with Gasteiger partial charge in [0.15, 0.2) is 0 Å². The van der Waals surface area contributed by atoms with E-state index in [0.29, 0.717) is 18.2 Å². The minimum absolute atomic E-state index is 0.150. The second kappa shape index (κ2) is 6.22. The van der Waals surface area contributed by atoms with Gasteiger partial charge in [-0.15, -0.1) is 0 Å². The van der Waals surface area contributed by atoms with Gasteiger partial charge in [0, 0.05) is 6.04 Å². The zero-order chi connectivity index (χ0) is 19.6. The Balaban J connectivity index is 0.000000251. The molecule has 2 N–H and O–H groups in total. The number of aromatic hydroxyl groups is 1. The topological polar surface area (TPSA) is 58.6 Å². The number of phenols is 1. The van der Waals surface area contributed by atoms with Gasteiger partial charge in [-0.2, -0.15) is 0 Å². The summed E-state index contributed by atoms with van der Waals surface area (Å²) in [5.41, 5.74) is -0.381. The van der Waals surface area contributed by atoms with Crippen molar-refractivity contribution in [1.29, 1.82) is 0 Å². The number of rotatable bonds is 2. The highest BCUT2D eigenvalue weighted by Crippen LogP contribution is 3.02. The number of phenolic OH excluding ortho intramolecular Hbond substituents is 1. The third-order valence-corrected chi connectivity index (χ3v) is 4.27. The molecule has 0 unspecified atom stereocenters. The molecule has 0 spiro atoms. The van der Waals surface area contributed by atoms with Gasteiger partial charge in [0.25, 0.3) is 0 Å². The first kappa shape index (κ1) is 21.3. The smallest absolute Gasteiger partial charge is 0.407 e. The van der Waals surface area contributed by atoms with Crippen molar-refractivity contribution in [3.05, 3.63) is 24.3 Å². The van der Waals surface area contributed by atoms with Gasteiger partial charge in [0.05, 0.1) is 0 Å². The first-order chi connectivity index (χ1) is 11.0. The number of carbonyl (C=O) groups excluding carboxylic acids is 1. The Morgan fingerprint density at radius 1 is 1.12 bits per heavy atom. The predicted octanol–water partition coefficient (Wildman–Crippen LogP) is 6.11. The van der Waals surface area contributed by atoms with Gasteiger partial charge in [0.1, 0.15) is 16.2 Å². The first-order valence-corrected chi connectivity index (χ1v) is 9.44. The number of alkyl carbamates (subject to hydrolysis) is 1. The van der Waals surface area contributed by atoms with Gasteiger partial charge >= 0.3 is 16.3 Å². The van der Waals surface area contributed by atoms with Crippen molar-refractivity contribution < 1.29 is 34.1 Å². The second-order valence-electron chi connectivity index (χ2n) is 6.74. The summed E-state index contributed by atoms with van der Waals surface area (Å²) < 4.78 is 65.1. The maximum absolute atomic E-state index is 12.0. The fourth-order valence-electron chi connectivity index (χ4n) is 1.73. The third-order valence-electron chi connectivity index (χ3n) is 3.11. The number of nitrogens with one attached hydrogen (secondary N) is 1. The van der Waals surface area contributed by atoms with Crippen molar-refractivity contribution in [2.24, 2.45) is 0 Å². The van der Waals surface area contributed by atoms with Crippen LogP contribution >= 0.6 is 10.2 Å². The fraction of sp³-hybridized carbons (Fsp3) is 0.533. The number of halogens is 5. The summed E-state index contributed by atoms with van der Waals surface area (Å²) in [6.45, 7) is 5.61. The summed E-state index contributed by atoms with van der Waals surface area (Å²) in [6.07, 6.45) is 3.13. The van der Waals surface area contributed by atoms with Crippen LogP contribution in [0.2, 0.25) is 0 Å². The van der Waals surface area contributed by atoms with E-state index >= 15 is 0 Å². The molecule has 10 heteroatoms. The maximum atomic E-state index is 12.0. The Kier molecular flexibility index (Phi) is 5.31. The van der Waals surface area contributed by atoms with Crippen LogP contribution in [-0.2, 0) is 4.74 Å². The number of hydrogen-bond acceptors (Lipinski definition) is 3. The zero-order valence-electron chi connectivity index (χ0n) is 14.1. The largest absolute Gasteiger partial charge is 0.508 e. The Bertz CT molecular complexity index is 607. The molecule has 1 aromatic rings. The molecule has 25 heavy (non-hydrogen) atoms. The standard InChI is InChI=1S/C9H17NO2.C6H5F5OS/c1-9(2,3)12-8(11)10-7-5-4-6-7;7-13(8,9,10,11)6-3-1-5(12)2-4-6/h7H,4-6H2,1-3H3,(H,10,11);1-4,12H. The van der Waals surface area contributed by atoms with E-state index in [1.165, 1.54) is 6.42 Å². The maximum Gasteiger partial charge on any atom is 0.407 e. The lowest BCUT2D eigenvalue weighted by Crippen LogP contribution is -2.42. The van der Waals surface area contributed by atoms with E-state index in [2.05, 4.69) is 5.32 Å². The minimum Gasteiger partial charge on any atom is -0.508 e. The molecule has 0 saturated heterocycles. The fourth-order valence-corrected chi connectivity index (χ4v) is 2.38. The number of hydrogen-bond donors (Lipinski definition) is 2. The summed E-state index contributed by atoms with van der Waals surface area (Å²) >= 11 is 0. The van der Waals surface area contributed by atoms with Gasteiger partial charge in [0.2, 0.25) is 0 Å². The van der Waals surface area contributed by atoms with Crippen LogP contribution < -0.4 is 5.32 Å². The minimum atomic E-state index is -9.56. The molecular formula is C15H22F5NO3S. The van der Waals surface area contributed by atoms with Gasteiger partial charge in [-0.05, 0) is 64.3 Å². The third kappa shape index (κ3) is 8.28. The molecule has 1 aliphatic carbocycles. The number of amides is 1. The molecule has 0 aliphatic heterocycles. The van der Waals surface area contributed by atoms with Crippen LogP contribution in [0.1, 0.15) is 40.0 Å². The van der Waals surface area contributed by atoms with Gasteiger partial charge in [-0.3, -0.25) is 0 Å². The monoisotopic (exact) mass is 391 g/mol. The first-order valence-electron chi connectivity index (χ1n) is 7.49. The van der Waals surface area contributed by atoms with Gasteiger partial charge in [-0.25, -0.2) is 4.79 Å². The van der Waals surface area contributed by atoms with Crippen LogP contribution in [-0.4, -0.2) is 22.8 Å². The number of benzene rings is 1. The van der Waals surface area contributed by atoms with Crippen molar-refractivity contribution >= 4 is 16.3 Å². The highest BCUT2D eigenvalue weighted by atomic mass is 32.5. The molecule has 1 aliphatic rings. The summed E-state index contributed by atoms with van der Waals surface area (Å²) in [4.78, 5) is 9.13. The Morgan fingerprint density at radius 2 is 1.60 bits per heavy atom. The van der Waals surface area contributed by atoms with E-state index in [9.17, 15) is 24.2 Å². The predicted molar refractivity (Wildman–Crippen MR) is 86.5 cm³/mol. The van der Waals surface area contributed by atoms with Crippen molar-refractivity contribution in [3.8, 4) is 5.75 Å². The molecule has 1 aromatic carbocycles. The average molecular weight is 391 g/mol. The summed E-state index contributed by atoms with van der Waals surface area (Å²) in [5, 5.41) is 11.4. The van der Waals surface area contributed by atoms with Crippen LogP contribution in [0.5, 0.6) is 5.75 Å². The highest BCUT2D eigenvalue weighted by molar-refractivity contribution is 8.45. The van der Waals surface area contributed by atoms with E-state index in [-0.39, 0.29) is 23.8 Å². The summed E-state index contributed by atoms with van der Waals surface area (Å²) in [5.74, 6) is -0.495. The summed E-state index contributed by atoms with van der Waals surface area (Å²) in [7, 11) is -9.56. The van der Waals surface area contributed by atoms with Crippen molar-refractivity contribution in [2.45, 2.75) is 56.6 Å². The molecule has 0 radical (unpaired) electrons. The zero-order valence-corrected chi connectivity index (χ0v) is 14.9. The van der Waals surface area contributed by atoms with Gasteiger partial charge < -0.3 is 15.2 Å². The highest BCUT2D eigenvalue weighted by Gasteiger charge is 2.65. The molecular weight excluding hydrogens is 369 g/mol. The molecule has 0 bridgehead atoms. The van der Waals surface area contributed by atoms with Crippen LogP contribution in [0.3, 0.4) is 0 Å². The second-order valence-corrected chi connectivity index (χ2v) is 9.15. The molecule has 1 fully saturated rings. The Labute approximate surface area is 143 Å². The molecule has 0 aromatic heterocycles. The molecule has 4 nitrogen and oxygen atoms in total. The van der Waals surface area contributed by atoms with Crippen molar-refractivity contribution in [3.63, 3.8) is 0 Å². The lowest BCUT2D eigenvalue weighted by molar-refractivity contribution is 0.0479. The van der Waals surface area contributed by atoms with Crippen LogP contribution in [0.25, 0.3) is 0 Å². The van der Waals surface area contributed by atoms with E-state index in [4.69, 9.17) is 9.84 Å². The number of ether oxygens (including phenoxy) is 1. The SMILES string of the molecule is CC(C)(C)OC(=O)NC1CCC1.Oc1ccc(S(F)(F)(F)(F)F)cc1. The Hall–Kier alpha value is -1.71. The normalized spacial score (nSPS) is 17.9. The Morgan fingerprint density at radius 3 is 1.92 bits per heavy atom. The molecule has 2 rings (SSSR count). The van der Waals surface area contributed by atoms with E-state index < -0.39 is 20.9 Å².